The van der Waals surface area contributed by atoms with Gasteiger partial charge in [0, 0.05) is 62.8 Å². The Morgan fingerprint density at radius 2 is 1.77 bits per heavy atom. The molecule has 0 spiro atoms. The van der Waals surface area contributed by atoms with Gasteiger partial charge in [-0.2, -0.15) is 0 Å². The smallest absolute Gasteiger partial charge is 0.253 e. The second-order valence-corrected chi connectivity index (χ2v) is 9.26. The van der Waals surface area contributed by atoms with Gasteiger partial charge in [-0.05, 0) is 37.1 Å². The number of likely N-dealkylation sites (N-methyl/N-ethyl adjacent to an activating group) is 1. The van der Waals surface area contributed by atoms with Gasteiger partial charge >= 0.3 is 0 Å². The highest BCUT2D eigenvalue weighted by Gasteiger charge is 2.19. The zero-order valence-corrected chi connectivity index (χ0v) is 20.3. The van der Waals surface area contributed by atoms with Crippen molar-refractivity contribution < 1.29 is 4.79 Å². The molecule has 0 saturated carbocycles. The van der Waals surface area contributed by atoms with Crippen molar-refractivity contribution in [2.75, 3.05) is 51.2 Å². The lowest BCUT2D eigenvalue weighted by molar-refractivity contribution is 0.0802. The lowest BCUT2D eigenvalue weighted by Gasteiger charge is -2.35. The third kappa shape index (κ3) is 6.20. The molecular formula is C24H35N5OS. The van der Waals surface area contributed by atoms with Crippen LogP contribution in [0.2, 0.25) is 0 Å². The highest BCUT2D eigenvalue weighted by molar-refractivity contribution is 7.98. The first-order chi connectivity index (χ1) is 14.9. The first-order valence-electron chi connectivity index (χ1n) is 11.2. The largest absolute Gasteiger partial charge is 0.354 e. The molecule has 2 aromatic rings. The number of carbonyl (C=O) groups is 1. The molecule has 6 nitrogen and oxygen atoms in total. The van der Waals surface area contributed by atoms with Crippen LogP contribution in [-0.4, -0.2) is 72.0 Å². The number of hydrogen-bond acceptors (Lipinski definition) is 6. The van der Waals surface area contributed by atoms with E-state index in [0.29, 0.717) is 12.5 Å². The number of carbonyl (C=O) groups excluding carboxylic acids is 1. The summed E-state index contributed by atoms with van der Waals surface area (Å²) in [5.41, 5.74) is 2.98. The number of nitrogens with zero attached hydrogens (tertiary/aromatic N) is 5. The molecule has 1 aliphatic heterocycles. The van der Waals surface area contributed by atoms with Crippen molar-refractivity contribution in [1.29, 1.82) is 0 Å². The molecule has 0 unspecified atom stereocenters. The molecule has 1 amide bonds. The number of benzene rings is 1. The minimum atomic E-state index is 0.0579. The molecule has 3 rings (SSSR count). The Labute approximate surface area is 191 Å². The Morgan fingerprint density at radius 1 is 1.10 bits per heavy atom. The number of anilines is 1. The second-order valence-electron chi connectivity index (χ2n) is 8.31. The van der Waals surface area contributed by atoms with E-state index in [1.807, 2.05) is 38.2 Å². The fourth-order valence-corrected chi connectivity index (χ4v) is 4.32. The van der Waals surface area contributed by atoms with E-state index >= 15 is 0 Å². The molecule has 7 heteroatoms. The molecule has 0 atom stereocenters. The van der Waals surface area contributed by atoms with E-state index in [2.05, 4.69) is 36.6 Å². The summed E-state index contributed by atoms with van der Waals surface area (Å²) in [5, 5.41) is 0.824. The van der Waals surface area contributed by atoms with E-state index in [1.54, 1.807) is 16.7 Å². The summed E-state index contributed by atoms with van der Waals surface area (Å²) in [6.07, 6.45) is 0. The molecule has 1 aromatic heterocycles. The van der Waals surface area contributed by atoms with Gasteiger partial charge in [0.1, 0.15) is 5.82 Å². The number of rotatable bonds is 8. The Kier molecular flexibility index (Phi) is 8.32. The fourth-order valence-electron chi connectivity index (χ4n) is 3.50. The molecular weight excluding hydrogens is 406 g/mol. The van der Waals surface area contributed by atoms with Crippen molar-refractivity contribution in [3.63, 3.8) is 0 Å². The molecule has 0 bridgehead atoms. The quantitative estimate of drug-likeness (QED) is 0.454. The molecule has 31 heavy (non-hydrogen) atoms. The molecule has 2 heterocycles. The second kappa shape index (κ2) is 11.0. The van der Waals surface area contributed by atoms with Gasteiger partial charge in [-0.15, -0.1) is 0 Å². The Bertz CT molecular complexity index is 863. The van der Waals surface area contributed by atoms with Gasteiger partial charge in [-0.3, -0.25) is 4.79 Å². The normalized spacial score (nSPS) is 14.8. The van der Waals surface area contributed by atoms with E-state index < -0.39 is 0 Å². The summed E-state index contributed by atoms with van der Waals surface area (Å²) in [7, 11) is 1.82. The van der Waals surface area contributed by atoms with Crippen molar-refractivity contribution in [2.24, 2.45) is 0 Å². The van der Waals surface area contributed by atoms with Crippen molar-refractivity contribution in [1.82, 2.24) is 19.8 Å². The average Bonchev–Trinajstić information content (AvgIpc) is 2.81. The van der Waals surface area contributed by atoms with Gasteiger partial charge in [-0.1, -0.05) is 44.7 Å². The summed E-state index contributed by atoms with van der Waals surface area (Å²) >= 11 is 1.66. The minimum Gasteiger partial charge on any atom is -0.354 e. The van der Waals surface area contributed by atoms with E-state index in [9.17, 15) is 4.79 Å². The van der Waals surface area contributed by atoms with Gasteiger partial charge in [-0.25, -0.2) is 9.97 Å². The van der Waals surface area contributed by atoms with Crippen LogP contribution in [0, 0.1) is 0 Å². The Balaban J connectivity index is 1.69. The van der Waals surface area contributed by atoms with Crippen LogP contribution >= 0.6 is 11.8 Å². The van der Waals surface area contributed by atoms with Gasteiger partial charge in [0.05, 0.1) is 0 Å². The molecule has 0 N–H and O–H groups in total. The van der Waals surface area contributed by atoms with Crippen molar-refractivity contribution >= 4 is 23.5 Å². The highest BCUT2D eigenvalue weighted by Crippen LogP contribution is 2.26. The third-order valence-electron chi connectivity index (χ3n) is 5.84. The number of amides is 1. The molecule has 1 saturated heterocycles. The van der Waals surface area contributed by atoms with Crippen LogP contribution < -0.4 is 4.90 Å². The van der Waals surface area contributed by atoms with Gasteiger partial charge in [0.2, 0.25) is 0 Å². The van der Waals surface area contributed by atoms with Gasteiger partial charge in [0.25, 0.3) is 5.91 Å². The van der Waals surface area contributed by atoms with Crippen LogP contribution in [0.15, 0.2) is 35.5 Å². The molecule has 0 radical (unpaired) electrons. The first-order valence-corrected chi connectivity index (χ1v) is 12.2. The van der Waals surface area contributed by atoms with Crippen molar-refractivity contribution in [2.45, 2.75) is 44.5 Å². The number of piperazine rings is 1. The zero-order chi connectivity index (χ0) is 22.4. The standard InChI is InChI=1S/C24H35N5OS/c1-6-27(5)23(30)20-10-8-19(9-11-20)17-31-24-25-21(18(3)4)16-22(26-24)29-14-12-28(7-2)13-15-29/h8-11,16,18H,6-7,12-15,17H2,1-5H3. The van der Waals surface area contributed by atoms with Gasteiger partial charge < -0.3 is 14.7 Å². The number of aromatic nitrogens is 2. The SMILES string of the molecule is CCN1CCN(c2cc(C(C)C)nc(SCc3ccc(C(=O)N(C)CC)cc3)n2)CC1. The lowest BCUT2D eigenvalue weighted by atomic mass is 10.1. The van der Waals surface area contributed by atoms with E-state index in [-0.39, 0.29) is 5.91 Å². The van der Waals surface area contributed by atoms with E-state index in [0.717, 1.165) is 66.3 Å². The monoisotopic (exact) mass is 441 g/mol. The zero-order valence-electron chi connectivity index (χ0n) is 19.5. The lowest BCUT2D eigenvalue weighted by Crippen LogP contribution is -2.46. The number of hydrogen-bond donors (Lipinski definition) is 0. The predicted molar refractivity (Wildman–Crippen MR) is 129 cm³/mol. The number of thioether (sulfide) groups is 1. The van der Waals surface area contributed by atoms with Crippen molar-refractivity contribution in [3.8, 4) is 0 Å². The maximum absolute atomic E-state index is 12.3. The fraction of sp³-hybridized carbons (Fsp3) is 0.542. The average molecular weight is 442 g/mol. The van der Waals surface area contributed by atoms with E-state index in [4.69, 9.17) is 9.97 Å². The molecule has 168 valence electrons. The molecule has 1 fully saturated rings. The molecule has 0 aliphatic carbocycles. The first kappa shape index (κ1) is 23.5. The van der Waals surface area contributed by atoms with Crippen LogP contribution in [0.25, 0.3) is 0 Å². The molecule has 1 aromatic carbocycles. The third-order valence-corrected chi connectivity index (χ3v) is 6.76. The van der Waals surface area contributed by atoms with E-state index in [1.165, 1.54) is 0 Å². The van der Waals surface area contributed by atoms with Crippen LogP contribution in [0.1, 0.15) is 55.2 Å². The summed E-state index contributed by atoms with van der Waals surface area (Å²) < 4.78 is 0. The Morgan fingerprint density at radius 3 is 2.35 bits per heavy atom. The molecule has 1 aliphatic rings. The topological polar surface area (TPSA) is 52.6 Å². The maximum atomic E-state index is 12.3. The minimum absolute atomic E-state index is 0.0579. The Hall–Kier alpha value is -2.12. The van der Waals surface area contributed by atoms with Gasteiger partial charge in [0.15, 0.2) is 5.16 Å². The summed E-state index contributed by atoms with van der Waals surface area (Å²) in [6.45, 7) is 14.5. The highest BCUT2D eigenvalue weighted by atomic mass is 32.2. The summed E-state index contributed by atoms with van der Waals surface area (Å²) in [4.78, 5) is 28.6. The van der Waals surface area contributed by atoms with Crippen LogP contribution in [0.5, 0.6) is 0 Å². The summed E-state index contributed by atoms with van der Waals surface area (Å²) in [5.74, 6) is 2.24. The van der Waals surface area contributed by atoms with Crippen molar-refractivity contribution in [3.05, 3.63) is 47.2 Å². The van der Waals surface area contributed by atoms with Crippen LogP contribution in [0.4, 0.5) is 5.82 Å². The van der Waals surface area contributed by atoms with Crippen LogP contribution in [-0.2, 0) is 5.75 Å². The van der Waals surface area contributed by atoms with Crippen LogP contribution in [0.3, 0.4) is 0 Å². The predicted octanol–water partition coefficient (Wildman–Crippen LogP) is 4.13. The summed E-state index contributed by atoms with van der Waals surface area (Å²) in [6, 6.07) is 10.0. The maximum Gasteiger partial charge on any atom is 0.253 e.